The Bertz CT molecular complexity index is 1100. The number of nitrogens with two attached hydrogens (primary N) is 1. The second-order valence-corrected chi connectivity index (χ2v) is 7.57. The molecule has 0 radical (unpaired) electrons. The van der Waals surface area contributed by atoms with Crippen LogP contribution in [-0.2, 0) is 10.0 Å². The topological polar surface area (TPSA) is 86.2 Å². The van der Waals surface area contributed by atoms with E-state index in [-0.39, 0.29) is 5.56 Å². The molecule has 8 heteroatoms. The SMILES string of the molecule is Cc1ccc(-c2noc(C)c2-c2cc(F)c(S(N)(=O)=O)c(F)c2)cc1C. The fourth-order valence-corrected chi connectivity index (χ4v) is 3.44. The van der Waals surface area contributed by atoms with Crippen LogP contribution in [0.15, 0.2) is 39.8 Å². The zero-order valence-electron chi connectivity index (χ0n) is 14.3. The summed E-state index contributed by atoms with van der Waals surface area (Å²) in [7, 11) is -4.52. The summed E-state index contributed by atoms with van der Waals surface area (Å²) in [6, 6.07) is 7.44. The van der Waals surface area contributed by atoms with E-state index in [1.807, 2.05) is 32.0 Å². The Kier molecular flexibility index (Phi) is 4.41. The third-order valence-corrected chi connectivity index (χ3v) is 5.17. The van der Waals surface area contributed by atoms with Gasteiger partial charge in [-0.1, -0.05) is 17.3 Å². The number of hydrogen-bond donors (Lipinski definition) is 1. The van der Waals surface area contributed by atoms with Crippen LogP contribution in [0.3, 0.4) is 0 Å². The molecular formula is C18H16F2N2O3S. The molecule has 0 fully saturated rings. The van der Waals surface area contributed by atoms with E-state index < -0.39 is 26.6 Å². The number of aryl methyl sites for hydroxylation is 3. The van der Waals surface area contributed by atoms with E-state index in [1.165, 1.54) is 0 Å². The zero-order chi connectivity index (χ0) is 19.2. The lowest BCUT2D eigenvalue weighted by molar-refractivity contribution is 0.400. The van der Waals surface area contributed by atoms with E-state index in [1.54, 1.807) is 6.92 Å². The smallest absolute Gasteiger partial charge is 0.243 e. The molecule has 136 valence electrons. The van der Waals surface area contributed by atoms with Crippen molar-refractivity contribution < 1.29 is 21.7 Å². The molecular weight excluding hydrogens is 362 g/mol. The molecule has 2 N–H and O–H groups in total. The van der Waals surface area contributed by atoms with Crippen LogP contribution in [-0.4, -0.2) is 13.6 Å². The lowest BCUT2D eigenvalue weighted by Crippen LogP contribution is -2.16. The zero-order valence-corrected chi connectivity index (χ0v) is 15.1. The monoisotopic (exact) mass is 378 g/mol. The van der Waals surface area contributed by atoms with E-state index in [2.05, 4.69) is 5.16 Å². The van der Waals surface area contributed by atoms with Gasteiger partial charge in [-0.25, -0.2) is 22.3 Å². The molecule has 1 heterocycles. The molecule has 0 spiro atoms. The van der Waals surface area contributed by atoms with Gasteiger partial charge in [0.1, 0.15) is 23.1 Å². The quantitative estimate of drug-likeness (QED) is 0.750. The average Bonchev–Trinajstić information content (AvgIpc) is 2.89. The second-order valence-electron chi connectivity index (χ2n) is 6.08. The highest BCUT2D eigenvalue weighted by Gasteiger charge is 2.24. The van der Waals surface area contributed by atoms with Crippen LogP contribution in [0, 0.1) is 32.4 Å². The summed E-state index contributed by atoms with van der Waals surface area (Å²) in [5.74, 6) is -2.19. The minimum atomic E-state index is -4.52. The normalized spacial score (nSPS) is 11.8. The van der Waals surface area contributed by atoms with E-state index in [0.717, 1.165) is 28.8 Å². The first-order valence-corrected chi connectivity index (χ1v) is 9.20. The summed E-state index contributed by atoms with van der Waals surface area (Å²) in [4.78, 5) is -1.16. The van der Waals surface area contributed by atoms with Crippen molar-refractivity contribution in [3.8, 4) is 22.4 Å². The number of sulfonamides is 1. The Hall–Kier alpha value is -2.58. The van der Waals surface area contributed by atoms with Crippen molar-refractivity contribution in [2.45, 2.75) is 25.7 Å². The van der Waals surface area contributed by atoms with E-state index in [0.29, 0.717) is 17.0 Å². The van der Waals surface area contributed by atoms with Gasteiger partial charge in [0.2, 0.25) is 10.0 Å². The third kappa shape index (κ3) is 3.13. The maximum absolute atomic E-state index is 14.2. The molecule has 0 unspecified atom stereocenters. The molecule has 5 nitrogen and oxygen atoms in total. The fraction of sp³-hybridized carbons (Fsp3) is 0.167. The number of rotatable bonds is 3. The van der Waals surface area contributed by atoms with Gasteiger partial charge in [0.25, 0.3) is 0 Å². The van der Waals surface area contributed by atoms with Gasteiger partial charge in [0.15, 0.2) is 4.90 Å². The first-order valence-electron chi connectivity index (χ1n) is 7.65. The number of aromatic nitrogens is 1. The molecule has 0 aliphatic carbocycles. The molecule has 3 rings (SSSR count). The molecule has 0 saturated carbocycles. The second kappa shape index (κ2) is 6.30. The van der Waals surface area contributed by atoms with Crippen LogP contribution in [0.25, 0.3) is 22.4 Å². The lowest BCUT2D eigenvalue weighted by Gasteiger charge is -2.08. The van der Waals surface area contributed by atoms with Crippen molar-refractivity contribution in [2.24, 2.45) is 5.14 Å². The summed E-state index contributed by atoms with van der Waals surface area (Å²) in [6.07, 6.45) is 0. The van der Waals surface area contributed by atoms with Crippen LogP contribution in [0.2, 0.25) is 0 Å². The molecule has 0 bridgehead atoms. The molecule has 3 aromatic rings. The number of nitrogens with zero attached hydrogens (tertiary/aromatic N) is 1. The molecule has 2 aromatic carbocycles. The van der Waals surface area contributed by atoms with Gasteiger partial charge in [0.05, 0.1) is 5.56 Å². The highest BCUT2D eigenvalue weighted by atomic mass is 32.2. The molecule has 1 aromatic heterocycles. The first kappa shape index (κ1) is 18.2. The first-order chi connectivity index (χ1) is 12.1. The number of halogens is 2. The number of benzene rings is 2. The van der Waals surface area contributed by atoms with Gasteiger partial charge in [0, 0.05) is 5.56 Å². The molecule has 0 amide bonds. The average molecular weight is 378 g/mol. The standard InChI is InChI=1S/C18H16F2N2O3S/c1-9-4-5-12(6-10(9)2)17-16(11(3)25-22-17)13-7-14(19)18(15(20)8-13)26(21,23)24/h4-8H,1-3H3,(H2,21,23,24). The van der Waals surface area contributed by atoms with E-state index in [9.17, 15) is 17.2 Å². The van der Waals surface area contributed by atoms with Gasteiger partial charge in [-0.3, -0.25) is 0 Å². The van der Waals surface area contributed by atoms with Gasteiger partial charge in [-0.15, -0.1) is 0 Å². The Balaban J connectivity index is 2.23. The predicted molar refractivity (Wildman–Crippen MR) is 92.9 cm³/mol. The van der Waals surface area contributed by atoms with Crippen molar-refractivity contribution in [3.63, 3.8) is 0 Å². The third-order valence-electron chi connectivity index (χ3n) is 4.21. The predicted octanol–water partition coefficient (Wildman–Crippen LogP) is 3.86. The van der Waals surface area contributed by atoms with Crippen molar-refractivity contribution in [1.82, 2.24) is 5.16 Å². The van der Waals surface area contributed by atoms with Crippen molar-refractivity contribution in [3.05, 3.63) is 58.9 Å². The Labute approximate surface area is 149 Å². The molecule has 0 atom stereocenters. The molecule has 0 aliphatic rings. The maximum atomic E-state index is 14.2. The van der Waals surface area contributed by atoms with Gasteiger partial charge < -0.3 is 4.52 Å². The lowest BCUT2D eigenvalue weighted by atomic mass is 9.97. The Morgan fingerprint density at radius 2 is 1.58 bits per heavy atom. The fourth-order valence-electron chi connectivity index (χ4n) is 2.77. The highest BCUT2D eigenvalue weighted by molar-refractivity contribution is 7.89. The number of hydrogen-bond acceptors (Lipinski definition) is 4. The number of primary sulfonamides is 1. The summed E-state index contributed by atoms with van der Waals surface area (Å²) in [5.41, 5.74) is 3.73. The van der Waals surface area contributed by atoms with Crippen molar-refractivity contribution in [2.75, 3.05) is 0 Å². The molecule has 0 aliphatic heterocycles. The van der Waals surface area contributed by atoms with Gasteiger partial charge in [-0.2, -0.15) is 0 Å². The van der Waals surface area contributed by atoms with Crippen molar-refractivity contribution >= 4 is 10.0 Å². The summed E-state index contributed by atoms with van der Waals surface area (Å²) < 4.78 is 56.4. The highest BCUT2D eigenvalue weighted by Crippen LogP contribution is 2.36. The minimum absolute atomic E-state index is 0.111. The van der Waals surface area contributed by atoms with Crippen LogP contribution < -0.4 is 5.14 Å². The maximum Gasteiger partial charge on any atom is 0.243 e. The van der Waals surface area contributed by atoms with Gasteiger partial charge >= 0.3 is 0 Å². The largest absolute Gasteiger partial charge is 0.360 e. The summed E-state index contributed by atoms with van der Waals surface area (Å²) in [5, 5.41) is 8.87. The van der Waals surface area contributed by atoms with E-state index in [4.69, 9.17) is 9.66 Å². The summed E-state index contributed by atoms with van der Waals surface area (Å²) >= 11 is 0. The van der Waals surface area contributed by atoms with Crippen LogP contribution in [0.4, 0.5) is 8.78 Å². The Morgan fingerprint density at radius 1 is 0.962 bits per heavy atom. The van der Waals surface area contributed by atoms with Crippen LogP contribution >= 0.6 is 0 Å². The minimum Gasteiger partial charge on any atom is -0.360 e. The molecule has 26 heavy (non-hydrogen) atoms. The summed E-state index contributed by atoms with van der Waals surface area (Å²) in [6.45, 7) is 5.51. The van der Waals surface area contributed by atoms with Gasteiger partial charge in [-0.05, 0) is 55.7 Å². The molecule has 0 saturated heterocycles. The van der Waals surface area contributed by atoms with Crippen LogP contribution in [0.5, 0.6) is 0 Å². The van der Waals surface area contributed by atoms with Crippen LogP contribution in [0.1, 0.15) is 16.9 Å². The van der Waals surface area contributed by atoms with Crippen molar-refractivity contribution in [1.29, 1.82) is 0 Å². The Morgan fingerprint density at radius 3 is 2.12 bits per heavy atom. The van der Waals surface area contributed by atoms with E-state index >= 15 is 0 Å².